The molecule has 1 aromatic carbocycles. The number of benzene rings is 1. The minimum atomic E-state index is -0.917. The summed E-state index contributed by atoms with van der Waals surface area (Å²) in [7, 11) is 0. The molecule has 0 aliphatic carbocycles. The molecule has 0 aliphatic heterocycles. The zero-order valence-corrected chi connectivity index (χ0v) is 10.0. The predicted octanol–water partition coefficient (Wildman–Crippen LogP) is 3.08. The van der Waals surface area contributed by atoms with Crippen molar-refractivity contribution in [2.75, 3.05) is 0 Å². The van der Waals surface area contributed by atoms with E-state index in [1.54, 1.807) is 12.1 Å². The van der Waals surface area contributed by atoms with Crippen LogP contribution in [0.5, 0.6) is 5.75 Å². The van der Waals surface area contributed by atoms with Crippen LogP contribution < -0.4 is 4.74 Å². The standard InChI is InChI=1S/C11H13BrO3/c1-2-3-10(11(13)14)15-9-6-4-8(12)5-7-9/h4-7,10H,2-3H2,1H3,(H,13,14)/t10-/m0/s1. The second-order valence-electron chi connectivity index (χ2n) is 3.19. The van der Waals surface area contributed by atoms with Gasteiger partial charge in [0.05, 0.1) is 0 Å². The lowest BCUT2D eigenvalue weighted by Crippen LogP contribution is -2.26. The molecule has 0 heterocycles. The topological polar surface area (TPSA) is 46.5 Å². The van der Waals surface area contributed by atoms with Crippen molar-refractivity contribution in [1.29, 1.82) is 0 Å². The van der Waals surface area contributed by atoms with Crippen LogP contribution in [0.4, 0.5) is 0 Å². The van der Waals surface area contributed by atoms with E-state index in [1.165, 1.54) is 0 Å². The van der Waals surface area contributed by atoms with Crippen molar-refractivity contribution in [3.8, 4) is 5.75 Å². The fourth-order valence-corrected chi connectivity index (χ4v) is 1.44. The van der Waals surface area contributed by atoms with Gasteiger partial charge < -0.3 is 9.84 Å². The molecule has 0 aromatic heterocycles. The highest BCUT2D eigenvalue weighted by molar-refractivity contribution is 9.10. The molecule has 3 nitrogen and oxygen atoms in total. The largest absolute Gasteiger partial charge is 0.479 e. The third kappa shape index (κ3) is 3.91. The van der Waals surface area contributed by atoms with Gasteiger partial charge in [-0.05, 0) is 30.7 Å². The molecule has 0 amide bonds. The zero-order valence-electron chi connectivity index (χ0n) is 8.44. The number of carboxylic acids is 1. The molecule has 82 valence electrons. The lowest BCUT2D eigenvalue weighted by atomic mass is 10.2. The zero-order chi connectivity index (χ0) is 11.3. The highest BCUT2D eigenvalue weighted by Gasteiger charge is 2.17. The van der Waals surface area contributed by atoms with Crippen LogP contribution in [0, 0.1) is 0 Å². The maximum Gasteiger partial charge on any atom is 0.344 e. The molecule has 0 aliphatic rings. The molecule has 0 saturated carbocycles. The first-order chi connectivity index (χ1) is 7.13. The second kappa shape index (κ2) is 5.75. The fraction of sp³-hybridized carbons (Fsp3) is 0.364. The van der Waals surface area contributed by atoms with E-state index in [0.717, 1.165) is 10.9 Å². The summed E-state index contributed by atoms with van der Waals surface area (Å²) in [4.78, 5) is 10.8. The SMILES string of the molecule is CCC[C@H](Oc1ccc(Br)cc1)C(=O)O. The third-order valence-corrected chi connectivity index (χ3v) is 2.45. The van der Waals surface area contributed by atoms with Crippen molar-refractivity contribution in [1.82, 2.24) is 0 Å². The Morgan fingerprint density at radius 1 is 1.47 bits per heavy atom. The van der Waals surface area contributed by atoms with Crippen LogP contribution in [0.1, 0.15) is 19.8 Å². The first-order valence-corrected chi connectivity index (χ1v) is 5.57. The van der Waals surface area contributed by atoms with Crippen molar-refractivity contribution in [3.05, 3.63) is 28.7 Å². The Morgan fingerprint density at radius 3 is 2.53 bits per heavy atom. The van der Waals surface area contributed by atoms with Crippen LogP contribution in [0.3, 0.4) is 0 Å². The van der Waals surface area contributed by atoms with E-state index in [9.17, 15) is 4.79 Å². The number of carboxylic acid groups (broad SMARTS) is 1. The Balaban J connectivity index is 2.65. The average molecular weight is 273 g/mol. The Labute approximate surface area is 97.2 Å². The summed E-state index contributed by atoms with van der Waals surface area (Å²) in [5, 5.41) is 8.89. The Hall–Kier alpha value is -1.03. The second-order valence-corrected chi connectivity index (χ2v) is 4.10. The van der Waals surface area contributed by atoms with Crippen molar-refractivity contribution >= 4 is 21.9 Å². The summed E-state index contributed by atoms with van der Waals surface area (Å²) in [6.45, 7) is 1.93. The average Bonchev–Trinajstić information content (AvgIpc) is 2.20. The number of ether oxygens (including phenoxy) is 1. The number of aliphatic carboxylic acids is 1. The van der Waals surface area contributed by atoms with Gasteiger partial charge in [-0.1, -0.05) is 29.3 Å². The molecule has 1 atom stereocenters. The van der Waals surface area contributed by atoms with Crippen LogP contribution in [-0.4, -0.2) is 17.2 Å². The highest BCUT2D eigenvalue weighted by Crippen LogP contribution is 2.18. The summed E-state index contributed by atoms with van der Waals surface area (Å²) in [6.07, 6.45) is 0.551. The van der Waals surface area contributed by atoms with Crippen LogP contribution in [-0.2, 0) is 4.79 Å². The normalized spacial score (nSPS) is 12.1. The number of carbonyl (C=O) groups is 1. The first kappa shape index (κ1) is 12.0. The van der Waals surface area contributed by atoms with Crippen LogP contribution in [0.15, 0.2) is 28.7 Å². The van der Waals surface area contributed by atoms with Gasteiger partial charge in [-0.15, -0.1) is 0 Å². The molecular weight excluding hydrogens is 260 g/mol. The van der Waals surface area contributed by atoms with Crippen LogP contribution in [0.25, 0.3) is 0 Å². The molecule has 0 bridgehead atoms. The minimum Gasteiger partial charge on any atom is -0.479 e. The molecular formula is C11H13BrO3. The van der Waals surface area contributed by atoms with Gasteiger partial charge in [0.15, 0.2) is 6.10 Å². The molecule has 0 saturated heterocycles. The fourth-order valence-electron chi connectivity index (χ4n) is 1.17. The van der Waals surface area contributed by atoms with Crippen molar-refractivity contribution < 1.29 is 14.6 Å². The first-order valence-electron chi connectivity index (χ1n) is 4.78. The lowest BCUT2D eigenvalue weighted by Gasteiger charge is -2.13. The van der Waals surface area contributed by atoms with Gasteiger partial charge in [-0.25, -0.2) is 4.79 Å². The molecule has 1 rings (SSSR count). The van der Waals surface area contributed by atoms with Gasteiger partial charge in [0.2, 0.25) is 0 Å². The Kier molecular flexibility index (Phi) is 4.62. The van der Waals surface area contributed by atoms with E-state index in [0.29, 0.717) is 12.2 Å². The van der Waals surface area contributed by atoms with E-state index in [4.69, 9.17) is 9.84 Å². The number of rotatable bonds is 5. The number of hydrogen-bond acceptors (Lipinski definition) is 2. The number of hydrogen-bond donors (Lipinski definition) is 1. The molecule has 15 heavy (non-hydrogen) atoms. The van der Waals surface area contributed by atoms with Crippen LogP contribution >= 0.6 is 15.9 Å². The predicted molar refractivity (Wildman–Crippen MR) is 61.1 cm³/mol. The monoisotopic (exact) mass is 272 g/mol. The van der Waals surface area contributed by atoms with Crippen LogP contribution in [0.2, 0.25) is 0 Å². The summed E-state index contributed by atoms with van der Waals surface area (Å²) in [5.74, 6) is -0.334. The van der Waals surface area contributed by atoms with Gasteiger partial charge in [0.1, 0.15) is 5.75 Å². The smallest absolute Gasteiger partial charge is 0.344 e. The van der Waals surface area contributed by atoms with E-state index in [-0.39, 0.29) is 0 Å². The summed E-state index contributed by atoms with van der Waals surface area (Å²) >= 11 is 3.30. The molecule has 1 N–H and O–H groups in total. The van der Waals surface area contributed by atoms with E-state index < -0.39 is 12.1 Å². The molecule has 4 heteroatoms. The quantitative estimate of drug-likeness (QED) is 0.896. The molecule has 0 fully saturated rings. The highest BCUT2D eigenvalue weighted by atomic mass is 79.9. The maximum atomic E-state index is 10.8. The molecule has 0 radical (unpaired) electrons. The summed E-state index contributed by atoms with van der Waals surface area (Å²) < 4.78 is 6.29. The van der Waals surface area contributed by atoms with Gasteiger partial charge in [0, 0.05) is 4.47 Å². The Bertz CT molecular complexity index is 321. The van der Waals surface area contributed by atoms with E-state index >= 15 is 0 Å². The summed E-state index contributed by atoms with van der Waals surface area (Å²) in [5.41, 5.74) is 0. The van der Waals surface area contributed by atoms with Gasteiger partial charge in [0.25, 0.3) is 0 Å². The minimum absolute atomic E-state index is 0.519. The van der Waals surface area contributed by atoms with Gasteiger partial charge in [-0.3, -0.25) is 0 Å². The van der Waals surface area contributed by atoms with Gasteiger partial charge in [-0.2, -0.15) is 0 Å². The Morgan fingerprint density at radius 2 is 2.07 bits per heavy atom. The van der Waals surface area contributed by atoms with Crippen molar-refractivity contribution in [2.45, 2.75) is 25.9 Å². The van der Waals surface area contributed by atoms with E-state index in [2.05, 4.69) is 15.9 Å². The number of halogens is 1. The molecule has 0 unspecified atom stereocenters. The summed E-state index contributed by atoms with van der Waals surface area (Å²) in [6, 6.07) is 7.13. The van der Waals surface area contributed by atoms with Crippen molar-refractivity contribution in [2.24, 2.45) is 0 Å². The maximum absolute atomic E-state index is 10.8. The lowest BCUT2D eigenvalue weighted by molar-refractivity contribution is -0.145. The van der Waals surface area contributed by atoms with Crippen molar-refractivity contribution in [3.63, 3.8) is 0 Å². The van der Waals surface area contributed by atoms with Gasteiger partial charge >= 0.3 is 5.97 Å². The third-order valence-electron chi connectivity index (χ3n) is 1.92. The molecule has 1 aromatic rings. The molecule has 0 spiro atoms. The van der Waals surface area contributed by atoms with E-state index in [1.807, 2.05) is 19.1 Å².